The predicted molar refractivity (Wildman–Crippen MR) is 37.7 cm³/mol. The van der Waals surface area contributed by atoms with Gasteiger partial charge in [0.2, 0.25) is 0 Å². The van der Waals surface area contributed by atoms with E-state index in [0.717, 1.165) is 12.8 Å². The van der Waals surface area contributed by atoms with Crippen LogP contribution in [0.15, 0.2) is 0 Å². The first-order chi connectivity index (χ1) is 4.52. The zero-order valence-electron chi connectivity index (χ0n) is 6.81. The minimum Gasteiger partial charge on any atom is -0.344 e. The van der Waals surface area contributed by atoms with Gasteiger partial charge in [0.15, 0.2) is 5.79 Å². The van der Waals surface area contributed by atoms with E-state index in [0.29, 0.717) is 6.10 Å². The van der Waals surface area contributed by atoms with Crippen LogP contribution in [-0.2, 0) is 9.47 Å². The summed E-state index contributed by atoms with van der Waals surface area (Å²) >= 11 is 0. The quantitative estimate of drug-likeness (QED) is 0.512. The monoisotopic (exact) mass is 142 g/mol. The van der Waals surface area contributed by atoms with Crippen molar-refractivity contribution in [1.29, 1.82) is 0 Å². The lowest BCUT2D eigenvalue weighted by atomic mass is 9.95. The molecule has 0 N–H and O–H groups in total. The molecule has 2 aliphatic rings. The number of ether oxygens (including phenoxy) is 2. The van der Waals surface area contributed by atoms with Crippen molar-refractivity contribution in [3.05, 3.63) is 0 Å². The Morgan fingerprint density at radius 1 is 1.30 bits per heavy atom. The standard InChI is InChI=1S/C8H14O2/c1-7(2)6-4-5-8(3,9-6)10-7/h6H,4-5H2,1-3H3. The maximum absolute atomic E-state index is 5.71. The summed E-state index contributed by atoms with van der Waals surface area (Å²) in [6.07, 6.45) is 2.54. The van der Waals surface area contributed by atoms with E-state index in [4.69, 9.17) is 9.47 Å². The molecule has 2 saturated heterocycles. The van der Waals surface area contributed by atoms with Crippen LogP contribution in [0.1, 0.15) is 33.6 Å². The van der Waals surface area contributed by atoms with Gasteiger partial charge >= 0.3 is 0 Å². The lowest BCUT2D eigenvalue weighted by Gasteiger charge is -2.29. The van der Waals surface area contributed by atoms with Crippen LogP contribution in [-0.4, -0.2) is 17.5 Å². The van der Waals surface area contributed by atoms with E-state index in [9.17, 15) is 0 Å². The van der Waals surface area contributed by atoms with Crippen molar-refractivity contribution in [2.24, 2.45) is 0 Å². The summed E-state index contributed by atoms with van der Waals surface area (Å²) < 4.78 is 11.4. The van der Waals surface area contributed by atoms with Crippen molar-refractivity contribution in [3.63, 3.8) is 0 Å². The summed E-state index contributed by atoms with van der Waals surface area (Å²) in [6.45, 7) is 6.23. The average molecular weight is 142 g/mol. The zero-order valence-corrected chi connectivity index (χ0v) is 6.81. The molecule has 2 nitrogen and oxygen atoms in total. The molecule has 2 unspecified atom stereocenters. The largest absolute Gasteiger partial charge is 0.344 e. The van der Waals surface area contributed by atoms with Crippen LogP contribution in [0.25, 0.3) is 0 Å². The maximum atomic E-state index is 5.71. The summed E-state index contributed by atoms with van der Waals surface area (Å²) in [4.78, 5) is 0. The van der Waals surface area contributed by atoms with Gasteiger partial charge in [0, 0.05) is 6.42 Å². The van der Waals surface area contributed by atoms with Gasteiger partial charge in [0.05, 0.1) is 11.7 Å². The van der Waals surface area contributed by atoms with E-state index in [1.165, 1.54) is 0 Å². The Morgan fingerprint density at radius 3 is 2.20 bits per heavy atom. The Balaban J connectivity index is 2.25. The highest BCUT2D eigenvalue weighted by molar-refractivity contribution is 4.96. The van der Waals surface area contributed by atoms with Gasteiger partial charge < -0.3 is 9.47 Å². The first kappa shape index (κ1) is 6.62. The molecule has 0 spiro atoms. The van der Waals surface area contributed by atoms with Crippen molar-refractivity contribution in [2.75, 3.05) is 0 Å². The van der Waals surface area contributed by atoms with E-state index in [1.807, 2.05) is 6.92 Å². The molecular formula is C8H14O2. The van der Waals surface area contributed by atoms with E-state index in [1.54, 1.807) is 0 Å². The van der Waals surface area contributed by atoms with Crippen LogP contribution in [0.2, 0.25) is 0 Å². The van der Waals surface area contributed by atoms with Gasteiger partial charge in [-0.2, -0.15) is 0 Å². The minimum absolute atomic E-state index is 0.0486. The van der Waals surface area contributed by atoms with Crippen LogP contribution in [0.4, 0.5) is 0 Å². The van der Waals surface area contributed by atoms with E-state index >= 15 is 0 Å². The molecule has 0 aromatic carbocycles. The Bertz CT molecular complexity index is 162. The van der Waals surface area contributed by atoms with Gasteiger partial charge in [-0.3, -0.25) is 0 Å². The third-order valence-corrected chi connectivity index (χ3v) is 2.51. The molecular weight excluding hydrogens is 128 g/mol. The second-order valence-corrected chi connectivity index (χ2v) is 3.98. The Labute approximate surface area is 61.5 Å². The maximum Gasteiger partial charge on any atom is 0.166 e. The van der Waals surface area contributed by atoms with Crippen LogP contribution in [0, 0.1) is 0 Å². The van der Waals surface area contributed by atoms with Crippen LogP contribution < -0.4 is 0 Å². The van der Waals surface area contributed by atoms with Gasteiger partial charge in [-0.05, 0) is 27.2 Å². The summed E-state index contributed by atoms with van der Waals surface area (Å²) in [5, 5.41) is 0. The Kier molecular flexibility index (Phi) is 1.03. The molecule has 2 fully saturated rings. The van der Waals surface area contributed by atoms with Crippen LogP contribution in [0.5, 0.6) is 0 Å². The van der Waals surface area contributed by atoms with E-state index in [-0.39, 0.29) is 11.4 Å². The summed E-state index contributed by atoms with van der Waals surface area (Å²) in [5.74, 6) is -0.256. The van der Waals surface area contributed by atoms with Gasteiger partial charge in [-0.25, -0.2) is 0 Å². The van der Waals surface area contributed by atoms with Crippen molar-refractivity contribution < 1.29 is 9.47 Å². The molecule has 2 rings (SSSR count). The smallest absolute Gasteiger partial charge is 0.166 e. The lowest BCUT2D eigenvalue weighted by Crippen LogP contribution is -2.37. The number of hydrogen-bond donors (Lipinski definition) is 0. The van der Waals surface area contributed by atoms with Gasteiger partial charge in [0.25, 0.3) is 0 Å². The molecule has 0 radical (unpaired) electrons. The highest BCUT2D eigenvalue weighted by Gasteiger charge is 2.54. The van der Waals surface area contributed by atoms with Crippen LogP contribution >= 0.6 is 0 Å². The molecule has 2 heteroatoms. The third kappa shape index (κ3) is 0.722. The SMILES string of the molecule is CC12CCC(O1)C(C)(C)O2. The van der Waals surface area contributed by atoms with Gasteiger partial charge in [-0.1, -0.05) is 0 Å². The van der Waals surface area contributed by atoms with Crippen molar-refractivity contribution in [1.82, 2.24) is 0 Å². The molecule has 0 saturated carbocycles. The number of fused-ring (bicyclic) bond motifs is 2. The number of hydrogen-bond acceptors (Lipinski definition) is 2. The zero-order chi connectivity index (χ0) is 7.41. The summed E-state index contributed by atoms with van der Waals surface area (Å²) in [6, 6.07) is 0. The Hall–Kier alpha value is -0.0800. The first-order valence-electron chi connectivity index (χ1n) is 3.90. The van der Waals surface area contributed by atoms with Crippen molar-refractivity contribution in [3.8, 4) is 0 Å². The van der Waals surface area contributed by atoms with Gasteiger partial charge in [-0.15, -0.1) is 0 Å². The fraction of sp³-hybridized carbons (Fsp3) is 1.00. The van der Waals surface area contributed by atoms with Crippen molar-refractivity contribution in [2.45, 2.75) is 51.1 Å². The van der Waals surface area contributed by atoms with E-state index < -0.39 is 0 Å². The highest BCUT2D eigenvalue weighted by Crippen LogP contribution is 2.47. The van der Waals surface area contributed by atoms with Crippen molar-refractivity contribution >= 4 is 0 Å². The molecule has 0 aromatic heterocycles. The fourth-order valence-electron chi connectivity index (χ4n) is 2.00. The second kappa shape index (κ2) is 1.56. The summed E-state index contributed by atoms with van der Waals surface area (Å²) in [5.41, 5.74) is -0.0486. The highest BCUT2D eigenvalue weighted by atomic mass is 16.8. The molecule has 0 aromatic rings. The van der Waals surface area contributed by atoms with Gasteiger partial charge in [0.1, 0.15) is 0 Å². The van der Waals surface area contributed by atoms with E-state index in [2.05, 4.69) is 13.8 Å². The molecule has 58 valence electrons. The number of rotatable bonds is 0. The first-order valence-corrected chi connectivity index (χ1v) is 3.90. The molecule has 10 heavy (non-hydrogen) atoms. The molecule has 2 heterocycles. The minimum atomic E-state index is -0.256. The topological polar surface area (TPSA) is 18.5 Å². The predicted octanol–water partition coefficient (Wildman–Crippen LogP) is 1.69. The fourth-order valence-corrected chi connectivity index (χ4v) is 2.00. The lowest BCUT2D eigenvalue weighted by molar-refractivity contribution is -0.162. The Morgan fingerprint density at radius 2 is 2.00 bits per heavy atom. The third-order valence-electron chi connectivity index (χ3n) is 2.51. The molecule has 0 amide bonds. The average Bonchev–Trinajstić information content (AvgIpc) is 2.16. The van der Waals surface area contributed by atoms with Crippen LogP contribution in [0.3, 0.4) is 0 Å². The normalized spacial score (nSPS) is 50.1. The molecule has 2 aliphatic heterocycles. The molecule has 0 aliphatic carbocycles. The molecule has 2 bridgehead atoms. The second-order valence-electron chi connectivity index (χ2n) is 3.98. The molecule has 2 atom stereocenters. The summed E-state index contributed by atoms with van der Waals surface area (Å²) in [7, 11) is 0.